The van der Waals surface area contributed by atoms with Crippen molar-refractivity contribution >= 4 is 29.0 Å². The van der Waals surface area contributed by atoms with Crippen molar-refractivity contribution in [2.24, 2.45) is 0 Å². The van der Waals surface area contributed by atoms with Crippen molar-refractivity contribution in [2.45, 2.75) is 19.5 Å². The van der Waals surface area contributed by atoms with Crippen LogP contribution in [0.2, 0.25) is 0 Å². The largest absolute Gasteiger partial charge is 0.323 e. The van der Waals surface area contributed by atoms with Crippen molar-refractivity contribution in [1.29, 1.82) is 0 Å². The summed E-state index contributed by atoms with van der Waals surface area (Å²) in [5.41, 5.74) is 2.99. The van der Waals surface area contributed by atoms with Gasteiger partial charge in [-0.05, 0) is 61.5 Å². The number of likely N-dealkylation sites (N-methyl/N-ethyl adjacent to an activating group) is 1. The first-order chi connectivity index (χ1) is 19.3. The zero-order valence-corrected chi connectivity index (χ0v) is 22.2. The van der Waals surface area contributed by atoms with Gasteiger partial charge in [-0.15, -0.1) is 0 Å². The minimum absolute atomic E-state index is 0.109. The minimum atomic E-state index is -0.489. The lowest BCUT2D eigenvalue weighted by Crippen LogP contribution is -2.37. The molecule has 9 nitrogen and oxygen atoms in total. The Morgan fingerprint density at radius 2 is 1.73 bits per heavy atom. The van der Waals surface area contributed by atoms with Gasteiger partial charge in [-0.1, -0.05) is 49.0 Å². The number of amides is 2. The molecule has 0 aliphatic heterocycles. The number of aromatic nitrogens is 2. The van der Waals surface area contributed by atoms with E-state index in [2.05, 4.69) is 27.5 Å². The van der Waals surface area contributed by atoms with Crippen LogP contribution >= 0.6 is 0 Å². The van der Waals surface area contributed by atoms with Gasteiger partial charge in [0.25, 0.3) is 5.56 Å². The molecule has 1 unspecified atom stereocenters. The molecule has 4 rings (SSSR count). The molecule has 40 heavy (non-hydrogen) atoms. The predicted molar refractivity (Wildman–Crippen MR) is 155 cm³/mol. The van der Waals surface area contributed by atoms with Gasteiger partial charge in [0.2, 0.25) is 11.8 Å². The molecule has 0 aliphatic carbocycles. The van der Waals surface area contributed by atoms with E-state index in [-0.39, 0.29) is 35.4 Å². The van der Waals surface area contributed by atoms with E-state index in [1.807, 2.05) is 30.3 Å². The first kappa shape index (κ1) is 27.9. The van der Waals surface area contributed by atoms with E-state index in [0.717, 1.165) is 11.6 Å². The first-order valence-electron chi connectivity index (χ1n) is 12.6. The van der Waals surface area contributed by atoms with Crippen LogP contribution in [0, 0.1) is 0 Å². The van der Waals surface area contributed by atoms with Gasteiger partial charge in [0, 0.05) is 29.2 Å². The fourth-order valence-corrected chi connectivity index (χ4v) is 4.04. The number of rotatable bonds is 10. The molecule has 2 amide bonds. The van der Waals surface area contributed by atoms with Crippen molar-refractivity contribution in [3.05, 3.63) is 125 Å². The molecule has 2 heterocycles. The van der Waals surface area contributed by atoms with Gasteiger partial charge in [-0.3, -0.25) is 24.2 Å². The number of anilines is 2. The SMILES string of the molecule is C=CC(=O)Nc1cccc(C(=O)c2cncc(Cn3c(-c4ccccc4)ccc(NC(=O)C(C)NC)c3=O)c2)c1. The van der Waals surface area contributed by atoms with E-state index in [1.165, 1.54) is 6.20 Å². The summed E-state index contributed by atoms with van der Waals surface area (Å²) in [6, 6.07) is 20.6. The molecule has 3 N–H and O–H groups in total. The highest BCUT2D eigenvalue weighted by molar-refractivity contribution is 6.10. The maximum Gasteiger partial charge on any atom is 0.275 e. The van der Waals surface area contributed by atoms with Crippen molar-refractivity contribution in [1.82, 2.24) is 14.9 Å². The smallest absolute Gasteiger partial charge is 0.275 e. The Morgan fingerprint density at radius 1 is 0.950 bits per heavy atom. The van der Waals surface area contributed by atoms with E-state index >= 15 is 0 Å². The maximum atomic E-state index is 13.6. The Hall–Kier alpha value is -5.15. The second-order valence-electron chi connectivity index (χ2n) is 9.07. The highest BCUT2D eigenvalue weighted by atomic mass is 16.2. The van der Waals surface area contributed by atoms with Crippen molar-refractivity contribution in [3.8, 4) is 11.3 Å². The Labute approximate surface area is 231 Å². The molecule has 0 radical (unpaired) electrons. The summed E-state index contributed by atoms with van der Waals surface area (Å²) in [6.45, 7) is 5.24. The Morgan fingerprint density at radius 3 is 2.45 bits per heavy atom. The molecule has 2 aromatic heterocycles. The van der Waals surface area contributed by atoms with Gasteiger partial charge in [0.1, 0.15) is 5.69 Å². The van der Waals surface area contributed by atoms with E-state index in [9.17, 15) is 19.2 Å². The molecule has 9 heteroatoms. The number of pyridine rings is 2. The summed E-state index contributed by atoms with van der Waals surface area (Å²) in [7, 11) is 1.66. The molecule has 0 spiro atoms. The van der Waals surface area contributed by atoms with Crippen molar-refractivity contribution < 1.29 is 14.4 Å². The summed E-state index contributed by atoms with van der Waals surface area (Å²) >= 11 is 0. The molecule has 0 aliphatic rings. The van der Waals surface area contributed by atoms with Crippen LogP contribution in [-0.4, -0.2) is 40.2 Å². The number of carbonyl (C=O) groups is 3. The number of nitrogens with zero attached hydrogens (tertiary/aromatic N) is 2. The molecule has 0 saturated heterocycles. The molecule has 0 saturated carbocycles. The van der Waals surface area contributed by atoms with Crippen LogP contribution < -0.4 is 21.5 Å². The predicted octanol–water partition coefficient (Wildman–Crippen LogP) is 3.86. The van der Waals surface area contributed by atoms with Crippen LogP contribution in [0.15, 0.2) is 103 Å². The second kappa shape index (κ2) is 12.6. The number of hydrogen-bond donors (Lipinski definition) is 3. The fourth-order valence-electron chi connectivity index (χ4n) is 4.04. The van der Waals surface area contributed by atoms with Gasteiger partial charge < -0.3 is 20.5 Å². The average molecular weight is 536 g/mol. The van der Waals surface area contributed by atoms with Crippen LogP contribution in [-0.2, 0) is 16.1 Å². The number of ketones is 1. The monoisotopic (exact) mass is 535 g/mol. The van der Waals surface area contributed by atoms with Crippen molar-refractivity contribution in [3.63, 3.8) is 0 Å². The third-order valence-corrected chi connectivity index (χ3v) is 6.30. The summed E-state index contributed by atoms with van der Waals surface area (Å²) < 4.78 is 1.55. The van der Waals surface area contributed by atoms with E-state index in [4.69, 9.17) is 0 Å². The highest BCUT2D eigenvalue weighted by Gasteiger charge is 2.17. The quantitative estimate of drug-likeness (QED) is 0.209. The Bertz CT molecular complexity index is 1630. The zero-order chi connectivity index (χ0) is 28.6. The highest BCUT2D eigenvalue weighted by Crippen LogP contribution is 2.21. The van der Waals surface area contributed by atoms with Crippen LogP contribution in [0.5, 0.6) is 0 Å². The Balaban J connectivity index is 1.69. The third-order valence-electron chi connectivity index (χ3n) is 6.30. The Kier molecular flexibility index (Phi) is 8.78. The zero-order valence-electron chi connectivity index (χ0n) is 22.2. The van der Waals surface area contributed by atoms with E-state index < -0.39 is 6.04 Å². The molecule has 1 atom stereocenters. The molecule has 2 aromatic carbocycles. The van der Waals surface area contributed by atoms with Crippen molar-refractivity contribution in [2.75, 3.05) is 17.7 Å². The standard InChI is InChI=1S/C31H29N5O4/c1-4-28(37)34-25-12-8-11-23(16-25)29(38)24-15-21(17-33-18-24)19-36-27(22-9-6-5-7-10-22)14-13-26(31(36)40)35-30(39)20(2)32-3/h4-18,20,32H,1,19H2,2-3H3,(H,34,37)(H,35,39). The lowest BCUT2D eigenvalue weighted by Gasteiger charge is -2.17. The summed E-state index contributed by atoms with van der Waals surface area (Å²) in [5, 5.41) is 8.20. The second-order valence-corrected chi connectivity index (χ2v) is 9.07. The van der Waals surface area contributed by atoms with Crippen LogP contribution in [0.3, 0.4) is 0 Å². The first-order valence-corrected chi connectivity index (χ1v) is 12.6. The van der Waals surface area contributed by atoms with E-state index in [1.54, 1.807) is 67.2 Å². The molecule has 0 bridgehead atoms. The minimum Gasteiger partial charge on any atom is -0.323 e. The third kappa shape index (κ3) is 6.46. The fraction of sp³-hybridized carbons (Fsp3) is 0.129. The van der Waals surface area contributed by atoms with Gasteiger partial charge >= 0.3 is 0 Å². The van der Waals surface area contributed by atoms with Crippen LogP contribution in [0.1, 0.15) is 28.4 Å². The maximum absolute atomic E-state index is 13.6. The molecule has 4 aromatic rings. The lowest BCUT2D eigenvalue weighted by atomic mass is 10.0. The van der Waals surface area contributed by atoms with E-state index in [0.29, 0.717) is 28.1 Å². The molecular weight excluding hydrogens is 506 g/mol. The van der Waals surface area contributed by atoms with Gasteiger partial charge in [-0.2, -0.15) is 0 Å². The molecular formula is C31H29N5O4. The topological polar surface area (TPSA) is 122 Å². The molecule has 202 valence electrons. The lowest BCUT2D eigenvalue weighted by molar-refractivity contribution is -0.117. The van der Waals surface area contributed by atoms with Gasteiger partial charge in [0.05, 0.1) is 18.3 Å². The number of carbonyl (C=O) groups excluding carboxylic acids is 3. The number of hydrogen-bond acceptors (Lipinski definition) is 6. The van der Waals surface area contributed by atoms with Crippen LogP contribution in [0.25, 0.3) is 11.3 Å². The summed E-state index contributed by atoms with van der Waals surface area (Å²) in [5.74, 6) is -1.01. The number of benzene rings is 2. The summed E-state index contributed by atoms with van der Waals surface area (Å²) in [4.78, 5) is 55.3. The van der Waals surface area contributed by atoms with Gasteiger partial charge in [-0.25, -0.2) is 0 Å². The van der Waals surface area contributed by atoms with Crippen LogP contribution in [0.4, 0.5) is 11.4 Å². The summed E-state index contributed by atoms with van der Waals surface area (Å²) in [6.07, 6.45) is 4.19. The average Bonchev–Trinajstić information content (AvgIpc) is 2.99. The molecule has 0 fully saturated rings. The normalized spacial score (nSPS) is 11.3. The number of nitrogens with one attached hydrogen (secondary N) is 3. The van der Waals surface area contributed by atoms with Gasteiger partial charge in [0.15, 0.2) is 5.78 Å².